The minimum absolute atomic E-state index is 0.156. The number of halogens is 2. The molecule has 6 heteroatoms. The Morgan fingerprint density at radius 3 is 2.32 bits per heavy atom. The molecule has 0 amide bonds. The van der Waals surface area contributed by atoms with Crippen LogP contribution in [-0.4, -0.2) is 17.0 Å². The zero-order valence-corrected chi connectivity index (χ0v) is 13.8. The van der Waals surface area contributed by atoms with Crippen LogP contribution in [0.3, 0.4) is 0 Å². The van der Waals surface area contributed by atoms with E-state index < -0.39 is 0 Å². The highest BCUT2D eigenvalue weighted by molar-refractivity contribution is 9.11. The van der Waals surface area contributed by atoms with Gasteiger partial charge in [-0.25, -0.2) is 9.97 Å². The summed E-state index contributed by atoms with van der Waals surface area (Å²) in [4.78, 5) is 8.39. The molecular formula is C13H14Br2N4. The summed E-state index contributed by atoms with van der Waals surface area (Å²) in [5.41, 5.74) is 1.19. The van der Waals surface area contributed by atoms with Crippen LogP contribution in [0.2, 0.25) is 0 Å². The number of rotatable bonds is 4. The van der Waals surface area contributed by atoms with Crippen molar-refractivity contribution in [3.8, 4) is 0 Å². The third kappa shape index (κ3) is 3.45. The van der Waals surface area contributed by atoms with Gasteiger partial charge in [-0.3, -0.25) is 0 Å². The monoisotopic (exact) mass is 384 g/mol. The highest BCUT2D eigenvalue weighted by Crippen LogP contribution is 2.29. The average Bonchev–Trinajstić information content (AvgIpc) is 2.42. The van der Waals surface area contributed by atoms with Crippen molar-refractivity contribution in [3.63, 3.8) is 0 Å². The molecule has 2 N–H and O–H groups in total. The molecule has 100 valence electrons. The van der Waals surface area contributed by atoms with Gasteiger partial charge in [0.1, 0.15) is 22.4 Å². The third-order valence-electron chi connectivity index (χ3n) is 2.75. The van der Waals surface area contributed by atoms with Crippen molar-refractivity contribution in [2.24, 2.45) is 0 Å². The molecule has 4 nitrogen and oxygen atoms in total. The predicted octanol–water partition coefficient (Wildman–Crippen LogP) is 4.22. The quantitative estimate of drug-likeness (QED) is 0.827. The molecule has 2 aromatic rings. The maximum atomic E-state index is 4.25. The van der Waals surface area contributed by atoms with Crippen molar-refractivity contribution >= 4 is 43.5 Å². The second-order valence-corrected chi connectivity index (χ2v) is 5.76. The normalized spacial score (nSPS) is 12.0. The smallest absolute Gasteiger partial charge is 0.146 e. The van der Waals surface area contributed by atoms with E-state index in [1.165, 1.54) is 11.9 Å². The fourth-order valence-electron chi connectivity index (χ4n) is 1.68. The van der Waals surface area contributed by atoms with Crippen LogP contribution in [0.1, 0.15) is 18.5 Å². The predicted molar refractivity (Wildman–Crippen MR) is 85.5 cm³/mol. The fourth-order valence-corrected chi connectivity index (χ4v) is 2.47. The summed E-state index contributed by atoms with van der Waals surface area (Å²) in [6.07, 6.45) is 1.53. The van der Waals surface area contributed by atoms with E-state index in [9.17, 15) is 0 Å². The molecule has 1 unspecified atom stereocenters. The van der Waals surface area contributed by atoms with Crippen LogP contribution in [0.15, 0.2) is 39.5 Å². The summed E-state index contributed by atoms with van der Waals surface area (Å²) < 4.78 is 1.91. The first-order chi connectivity index (χ1) is 9.11. The number of hydrogen-bond acceptors (Lipinski definition) is 4. The molecular weight excluding hydrogens is 372 g/mol. The van der Waals surface area contributed by atoms with Crippen LogP contribution < -0.4 is 10.6 Å². The van der Waals surface area contributed by atoms with Crippen molar-refractivity contribution < 1.29 is 0 Å². The number of nitrogens with one attached hydrogen (secondary N) is 2. The summed E-state index contributed by atoms with van der Waals surface area (Å²) in [5, 5.41) is 6.38. The molecule has 0 radical (unpaired) electrons. The van der Waals surface area contributed by atoms with Crippen LogP contribution >= 0.6 is 31.9 Å². The standard InChI is InChI=1S/C13H14Br2N4/c1-8(9-3-5-10(14)6-4-9)19-13-11(15)12(16-2)17-7-18-13/h3-8H,1-2H3,(H2,16,17,18,19). The van der Waals surface area contributed by atoms with Crippen LogP contribution in [0, 0.1) is 0 Å². The van der Waals surface area contributed by atoms with Crippen molar-refractivity contribution in [3.05, 3.63) is 45.1 Å². The van der Waals surface area contributed by atoms with Crippen molar-refractivity contribution in [1.82, 2.24) is 9.97 Å². The van der Waals surface area contributed by atoms with E-state index in [1.807, 2.05) is 19.2 Å². The maximum absolute atomic E-state index is 4.25. The second-order valence-electron chi connectivity index (χ2n) is 4.05. The summed E-state index contributed by atoms with van der Waals surface area (Å²) in [6.45, 7) is 2.09. The van der Waals surface area contributed by atoms with E-state index >= 15 is 0 Å². The molecule has 0 saturated heterocycles. The summed E-state index contributed by atoms with van der Waals surface area (Å²) in [5.74, 6) is 1.54. The van der Waals surface area contributed by atoms with E-state index in [2.05, 4.69) is 71.5 Å². The van der Waals surface area contributed by atoms with Gasteiger partial charge in [-0.2, -0.15) is 0 Å². The van der Waals surface area contributed by atoms with E-state index in [1.54, 1.807) is 0 Å². The molecule has 0 aliphatic heterocycles. The Morgan fingerprint density at radius 1 is 1.05 bits per heavy atom. The number of benzene rings is 1. The van der Waals surface area contributed by atoms with Gasteiger partial charge in [-0.1, -0.05) is 28.1 Å². The molecule has 0 saturated carbocycles. The number of anilines is 2. The van der Waals surface area contributed by atoms with Gasteiger partial charge in [-0.15, -0.1) is 0 Å². The lowest BCUT2D eigenvalue weighted by molar-refractivity contribution is 0.869. The average molecular weight is 386 g/mol. The van der Waals surface area contributed by atoms with Crippen LogP contribution in [0.25, 0.3) is 0 Å². The molecule has 1 aromatic heterocycles. The largest absolute Gasteiger partial charge is 0.372 e. The highest BCUT2D eigenvalue weighted by atomic mass is 79.9. The first kappa shape index (κ1) is 14.3. The van der Waals surface area contributed by atoms with E-state index in [-0.39, 0.29) is 6.04 Å². The molecule has 19 heavy (non-hydrogen) atoms. The number of nitrogens with zero attached hydrogens (tertiary/aromatic N) is 2. The van der Waals surface area contributed by atoms with Crippen molar-refractivity contribution in [2.45, 2.75) is 13.0 Å². The second kappa shape index (κ2) is 6.34. The maximum Gasteiger partial charge on any atom is 0.146 e. The molecule has 0 fully saturated rings. The van der Waals surface area contributed by atoms with E-state index in [4.69, 9.17) is 0 Å². The number of aromatic nitrogens is 2. The Balaban J connectivity index is 2.19. The summed E-state index contributed by atoms with van der Waals surface area (Å²) >= 11 is 6.93. The minimum Gasteiger partial charge on any atom is -0.372 e. The van der Waals surface area contributed by atoms with Crippen molar-refractivity contribution in [2.75, 3.05) is 17.7 Å². The lowest BCUT2D eigenvalue weighted by atomic mass is 10.1. The Kier molecular flexibility index (Phi) is 4.76. The zero-order valence-electron chi connectivity index (χ0n) is 10.6. The van der Waals surface area contributed by atoms with E-state index in [0.29, 0.717) is 0 Å². The first-order valence-corrected chi connectivity index (χ1v) is 7.40. The lowest BCUT2D eigenvalue weighted by Crippen LogP contribution is -2.09. The Morgan fingerprint density at radius 2 is 1.68 bits per heavy atom. The van der Waals surface area contributed by atoms with Gasteiger partial charge in [0.2, 0.25) is 0 Å². The Hall–Kier alpha value is -1.14. The van der Waals surface area contributed by atoms with Gasteiger partial charge in [0, 0.05) is 17.6 Å². The van der Waals surface area contributed by atoms with Crippen LogP contribution in [0.4, 0.5) is 11.6 Å². The van der Waals surface area contributed by atoms with E-state index in [0.717, 1.165) is 20.6 Å². The molecule has 2 rings (SSSR count). The van der Waals surface area contributed by atoms with Crippen LogP contribution in [0.5, 0.6) is 0 Å². The Labute approximate surface area is 129 Å². The van der Waals surface area contributed by atoms with Gasteiger partial charge in [0.15, 0.2) is 0 Å². The zero-order chi connectivity index (χ0) is 13.8. The molecule has 1 aromatic carbocycles. The lowest BCUT2D eigenvalue weighted by Gasteiger charge is -2.16. The number of hydrogen-bond donors (Lipinski definition) is 2. The minimum atomic E-state index is 0.156. The molecule has 1 atom stereocenters. The Bertz CT molecular complexity index is 557. The summed E-state index contributed by atoms with van der Waals surface area (Å²) in [7, 11) is 1.83. The van der Waals surface area contributed by atoms with Gasteiger partial charge in [0.05, 0.1) is 0 Å². The molecule has 1 heterocycles. The summed E-state index contributed by atoms with van der Waals surface area (Å²) in [6, 6.07) is 8.37. The first-order valence-electron chi connectivity index (χ1n) is 5.82. The van der Waals surface area contributed by atoms with Gasteiger partial charge in [-0.05, 0) is 40.5 Å². The third-order valence-corrected chi connectivity index (χ3v) is 4.03. The topological polar surface area (TPSA) is 49.8 Å². The highest BCUT2D eigenvalue weighted by Gasteiger charge is 2.11. The van der Waals surface area contributed by atoms with Gasteiger partial charge < -0.3 is 10.6 Å². The molecule has 0 spiro atoms. The molecule has 0 aliphatic rings. The van der Waals surface area contributed by atoms with Gasteiger partial charge in [0.25, 0.3) is 0 Å². The SMILES string of the molecule is CNc1ncnc(NC(C)c2ccc(Br)cc2)c1Br. The molecule has 0 bridgehead atoms. The molecule has 0 aliphatic carbocycles. The van der Waals surface area contributed by atoms with Crippen LogP contribution in [-0.2, 0) is 0 Å². The fraction of sp³-hybridized carbons (Fsp3) is 0.231. The van der Waals surface area contributed by atoms with Gasteiger partial charge >= 0.3 is 0 Å². The van der Waals surface area contributed by atoms with Crippen molar-refractivity contribution in [1.29, 1.82) is 0 Å².